The minimum absolute atomic E-state index is 0. The molecule has 1 aromatic heterocycles. The first-order valence-corrected chi connectivity index (χ1v) is 35.0. The topological polar surface area (TPSA) is 401 Å². The standard InChI is InChI=1S/C64H112N8O16S.H3N.H2/c1-50(73)51(47-56(76)64(2,3)4)31-26-28-42-66-61(80)48-88-45-44-87-43-29-33-52(74)37-38-54(62(81)82)68-60(79)40-39-55(63(83)84)67-59(78)35-25-21-17-13-10-14-18-22-27-41-65-58(77)36-30-46-89(85,86)49-53(75)32-23-19-15-11-8-6-5-7-9-12-16-20-24-34-57-69-71-72-70-57;;/h51,54-55H,5-49H2,1-4H3,(H,65,77)(H,66,80)(H,67,78)(H,68,79)(H,81,82)(H,83,84)(H,69,70,71,72);1H3;1H/t51-,54?,55?;;/m1../s1. The van der Waals surface area contributed by atoms with Crippen LogP contribution < -0.4 is 27.4 Å². The highest BCUT2D eigenvalue weighted by molar-refractivity contribution is 7.92. The summed E-state index contributed by atoms with van der Waals surface area (Å²) in [5, 5.41) is 43.7. The number of amides is 4. The van der Waals surface area contributed by atoms with Crippen LogP contribution in [-0.2, 0) is 73.7 Å². The predicted molar refractivity (Wildman–Crippen MR) is 345 cm³/mol. The van der Waals surface area contributed by atoms with E-state index in [4.69, 9.17) is 9.47 Å². The number of carbonyl (C=O) groups is 10. The van der Waals surface area contributed by atoms with Crippen molar-refractivity contribution < 1.29 is 77.5 Å². The zero-order valence-electron chi connectivity index (χ0n) is 55.1. The fourth-order valence-corrected chi connectivity index (χ4v) is 11.3. The smallest absolute Gasteiger partial charge is 0.326 e. The number of carbonyl (C=O) groups excluding carboxylic acids is 8. The SMILES string of the molecule is CC(=O)[C@H](CCCCNC(=O)COCCOCCCC(=O)CCC(NC(=O)CCC(NC(=O)CCCCCCCCCCCNC(=O)CCCS(=O)(=O)CC(=O)CCCCCCCCCCCCCCCc1nn[nH]n1)C(=O)O)C(=O)O)CC(=O)C(C)(C)C.N.[HH]. The van der Waals surface area contributed by atoms with Gasteiger partial charge in [-0.1, -0.05) is 148 Å². The van der Waals surface area contributed by atoms with Gasteiger partial charge in [0.25, 0.3) is 0 Å². The molecule has 0 radical (unpaired) electrons. The van der Waals surface area contributed by atoms with Gasteiger partial charge < -0.3 is 47.1 Å². The van der Waals surface area contributed by atoms with Crippen LogP contribution in [0.15, 0.2) is 0 Å². The number of aromatic amines is 1. The molecule has 0 aromatic carbocycles. The summed E-state index contributed by atoms with van der Waals surface area (Å²) in [6, 6.07) is -2.72. The maximum absolute atomic E-state index is 12.6. The molecule has 0 fully saturated rings. The van der Waals surface area contributed by atoms with Crippen LogP contribution in [-0.4, -0.2) is 161 Å². The third-order valence-electron chi connectivity index (χ3n) is 15.5. The zero-order chi connectivity index (χ0) is 66.0. The molecular formula is C64H117N9O16S. The van der Waals surface area contributed by atoms with Gasteiger partial charge in [0.1, 0.15) is 47.6 Å². The number of H-pyrrole nitrogens is 1. The molecule has 0 bridgehead atoms. The van der Waals surface area contributed by atoms with E-state index in [0.717, 1.165) is 89.3 Å². The lowest BCUT2D eigenvalue weighted by Crippen LogP contribution is -2.44. The summed E-state index contributed by atoms with van der Waals surface area (Å²) in [4.78, 5) is 122. The molecule has 0 aliphatic heterocycles. The number of carboxylic acids is 2. The summed E-state index contributed by atoms with van der Waals surface area (Å²) in [5.41, 5.74) is -0.500. The van der Waals surface area contributed by atoms with E-state index in [1.165, 1.54) is 58.3 Å². The minimum Gasteiger partial charge on any atom is -0.480 e. The molecule has 0 saturated heterocycles. The molecule has 0 aliphatic rings. The van der Waals surface area contributed by atoms with Gasteiger partial charge in [0.15, 0.2) is 15.7 Å². The first-order chi connectivity index (χ1) is 42.5. The van der Waals surface area contributed by atoms with Gasteiger partial charge in [0.2, 0.25) is 23.6 Å². The Morgan fingerprint density at radius 2 is 0.989 bits per heavy atom. The maximum Gasteiger partial charge on any atom is 0.326 e. The number of hydrogen-bond acceptors (Lipinski definition) is 18. The second kappa shape index (κ2) is 53.0. The highest BCUT2D eigenvalue weighted by atomic mass is 32.2. The molecule has 0 spiro atoms. The van der Waals surface area contributed by atoms with Crippen LogP contribution in [0.1, 0.15) is 266 Å². The Morgan fingerprint density at radius 1 is 0.522 bits per heavy atom. The molecule has 0 aliphatic carbocycles. The van der Waals surface area contributed by atoms with Gasteiger partial charge in [-0.2, -0.15) is 5.21 Å². The highest BCUT2D eigenvalue weighted by Gasteiger charge is 2.27. The number of carboxylic acid groups (broad SMARTS) is 2. The van der Waals surface area contributed by atoms with Gasteiger partial charge in [0, 0.05) is 83.8 Å². The number of ketones is 4. The van der Waals surface area contributed by atoms with E-state index >= 15 is 0 Å². The van der Waals surface area contributed by atoms with E-state index in [1.54, 1.807) is 0 Å². The Morgan fingerprint density at radius 3 is 1.52 bits per heavy atom. The fourth-order valence-electron chi connectivity index (χ4n) is 9.93. The molecule has 3 atom stereocenters. The van der Waals surface area contributed by atoms with Crippen LogP contribution in [0.5, 0.6) is 0 Å². The molecule has 25 nitrogen and oxygen atoms in total. The number of aromatic nitrogens is 4. The summed E-state index contributed by atoms with van der Waals surface area (Å²) < 4.78 is 35.8. The molecule has 0 saturated carbocycles. The Labute approximate surface area is 537 Å². The van der Waals surface area contributed by atoms with Crippen LogP contribution in [0.2, 0.25) is 0 Å². The minimum atomic E-state index is -3.55. The molecule has 4 amide bonds. The lowest BCUT2D eigenvalue weighted by molar-refractivity contribution is -0.143. The predicted octanol–water partition coefficient (Wildman–Crippen LogP) is 8.97. The third-order valence-corrected chi connectivity index (χ3v) is 17.2. The molecule has 1 heterocycles. The first-order valence-electron chi connectivity index (χ1n) is 33.2. The van der Waals surface area contributed by atoms with Crippen molar-refractivity contribution in [2.45, 2.75) is 277 Å². The van der Waals surface area contributed by atoms with E-state index in [-0.39, 0.29) is 145 Å². The number of hydrogen-bond donors (Lipinski definition) is 8. The number of nitrogens with zero attached hydrogens (tertiary/aromatic N) is 3. The molecule has 520 valence electrons. The Kier molecular flexibility index (Phi) is 49.7. The molecule has 2 unspecified atom stereocenters. The van der Waals surface area contributed by atoms with Crippen LogP contribution in [0.4, 0.5) is 0 Å². The Bertz CT molecular complexity index is 2310. The van der Waals surface area contributed by atoms with E-state index in [0.29, 0.717) is 51.6 Å². The summed E-state index contributed by atoms with van der Waals surface area (Å²) in [6.45, 7) is 8.32. The lowest BCUT2D eigenvalue weighted by atomic mass is 9.82. The highest BCUT2D eigenvalue weighted by Crippen LogP contribution is 2.24. The second-order valence-corrected chi connectivity index (χ2v) is 27.0. The number of unbranched alkanes of at least 4 members (excludes halogenated alkanes) is 21. The van der Waals surface area contributed by atoms with Crippen molar-refractivity contribution in [1.82, 2.24) is 48.0 Å². The molecule has 1 rings (SSSR count). The maximum atomic E-state index is 12.6. The van der Waals surface area contributed by atoms with Crippen molar-refractivity contribution in [3.8, 4) is 0 Å². The summed E-state index contributed by atoms with van der Waals surface area (Å²) >= 11 is 0. The first kappa shape index (κ1) is 84.4. The Hall–Kier alpha value is -5.60. The number of sulfone groups is 1. The summed E-state index contributed by atoms with van der Waals surface area (Å²) in [5.74, 6) is -5.00. The second-order valence-electron chi connectivity index (χ2n) is 24.8. The van der Waals surface area contributed by atoms with Gasteiger partial charge >= 0.3 is 11.9 Å². The van der Waals surface area contributed by atoms with Crippen molar-refractivity contribution in [2.75, 3.05) is 51.0 Å². The number of aliphatic carboxylic acids is 2. The average Bonchev–Trinajstić information content (AvgIpc) is 3.56. The number of Topliss-reactive ketones (excluding diaryl/α,β-unsaturated/α-hetero) is 4. The van der Waals surface area contributed by atoms with Crippen molar-refractivity contribution in [2.24, 2.45) is 11.3 Å². The number of ether oxygens (including phenoxy) is 2. The molecular weight excluding hydrogens is 1180 g/mol. The van der Waals surface area contributed by atoms with Crippen LogP contribution in [0, 0.1) is 11.3 Å². The third kappa shape index (κ3) is 49.1. The van der Waals surface area contributed by atoms with E-state index in [2.05, 4.69) is 41.9 Å². The largest absolute Gasteiger partial charge is 0.480 e. The van der Waals surface area contributed by atoms with E-state index < -0.39 is 56.8 Å². The molecule has 10 N–H and O–H groups in total. The van der Waals surface area contributed by atoms with E-state index in [9.17, 15) is 66.6 Å². The van der Waals surface area contributed by atoms with Crippen LogP contribution >= 0.6 is 0 Å². The van der Waals surface area contributed by atoms with Crippen LogP contribution in [0.25, 0.3) is 0 Å². The number of aryl methyl sites for hydroxylation is 1. The van der Waals surface area contributed by atoms with Gasteiger partial charge in [-0.25, -0.2) is 18.0 Å². The number of rotatable bonds is 61. The van der Waals surface area contributed by atoms with Crippen molar-refractivity contribution in [3.63, 3.8) is 0 Å². The van der Waals surface area contributed by atoms with Crippen LogP contribution in [0.3, 0.4) is 0 Å². The van der Waals surface area contributed by atoms with E-state index in [1.807, 2.05) is 20.8 Å². The number of nitrogens with one attached hydrogen (secondary N) is 5. The molecule has 90 heavy (non-hydrogen) atoms. The van der Waals surface area contributed by atoms with Gasteiger partial charge in [-0.05, 0) is 71.1 Å². The number of tetrazole rings is 1. The lowest BCUT2D eigenvalue weighted by Gasteiger charge is -2.20. The Balaban J connectivity index is 0. The van der Waals surface area contributed by atoms with Crippen molar-refractivity contribution >= 4 is 68.5 Å². The zero-order valence-corrected chi connectivity index (χ0v) is 55.9. The van der Waals surface area contributed by atoms with Gasteiger partial charge in [0.05, 0.1) is 19.0 Å². The molecule has 26 heteroatoms. The van der Waals surface area contributed by atoms with Crippen molar-refractivity contribution in [1.29, 1.82) is 0 Å². The summed E-state index contributed by atoms with van der Waals surface area (Å²) in [7, 11) is -3.55. The normalized spacial score (nSPS) is 12.5. The fraction of sp³-hybridized carbons (Fsp3) is 0.828. The van der Waals surface area contributed by atoms with Gasteiger partial charge in [-0.15, -0.1) is 10.2 Å². The van der Waals surface area contributed by atoms with Crippen molar-refractivity contribution in [3.05, 3.63) is 5.82 Å². The monoisotopic (exact) mass is 1300 g/mol. The molecule has 1 aromatic rings. The quantitative estimate of drug-likeness (QED) is 0.0282. The van der Waals surface area contributed by atoms with Gasteiger partial charge in [-0.3, -0.25) is 38.4 Å². The average molecular weight is 1300 g/mol. The summed E-state index contributed by atoms with van der Waals surface area (Å²) in [6.07, 6.45) is 26.0.